The monoisotopic (exact) mass is 276 g/mol. The van der Waals surface area contributed by atoms with Crippen LogP contribution in [0.25, 0.3) is 5.52 Å². The fraction of sp³-hybridized carbons (Fsp3) is 0.385. The Balaban J connectivity index is 2.22. The summed E-state index contributed by atoms with van der Waals surface area (Å²) in [5.41, 5.74) is 1.03. The van der Waals surface area contributed by atoms with Gasteiger partial charge in [-0.15, -0.1) is 0 Å². The van der Waals surface area contributed by atoms with Crippen molar-refractivity contribution in [2.75, 3.05) is 19.7 Å². The lowest BCUT2D eigenvalue weighted by molar-refractivity contribution is -0.143. The van der Waals surface area contributed by atoms with Crippen molar-refractivity contribution in [3.05, 3.63) is 30.4 Å². The fourth-order valence-corrected chi connectivity index (χ4v) is 1.86. The van der Waals surface area contributed by atoms with Gasteiger partial charge in [0, 0.05) is 18.9 Å². The van der Waals surface area contributed by atoms with E-state index in [9.17, 15) is 9.59 Å². The lowest BCUT2D eigenvalue weighted by Gasteiger charge is -2.19. The third-order valence-electron chi connectivity index (χ3n) is 2.85. The third kappa shape index (κ3) is 2.76. The number of esters is 1. The molecule has 0 aromatic carbocycles. The zero-order chi connectivity index (χ0) is 14.5. The molecule has 0 aliphatic rings. The molecule has 2 aromatic heterocycles. The Bertz CT molecular complexity index is 623. The van der Waals surface area contributed by atoms with Crippen molar-refractivity contribution in [1.82, 2.24) is 19.5 Å². The van der Waals surface area contributed by atoms with Crippen LogP contribution in [0.3, 0.4) is 0 Å². The van der Waals surface area contributed by atoms with Crippen LogP contribution in [0.15, 0.2) is 24.8 Å². The number of nitrogens with zero attached hydrogens (tertiary/aromatic N) is 4. The molecule has 2 aromatic rings. The van der Waals surface area contributed by atoms with Gasteiger partial charge in [0.15, 0.2) is 0 Å². The Morgan fingerprint density at radius 1 is 1.35 bits per heavy atom. The maximum atomic E-state index is 12.4. The maximum absolute atomic E-state index is 12.4. The molecule has 0 atom stereocenters. The highest BCUT2D eigenvalue weighted by Crippen LogP contribution is 2.11. The van der Waals surface area contributed by atoms with Crippen molar-refractivity contribution in [1.29, 1.82) is 0 Å². The summed E-state index contributed by atoms with van der Waals surface area (Å²) in [6.45, 7) is 4.18. The van der Waals surface area contributed by atoms with Crippen LogP contribution in [0, 0.1) is 0 Å². The van der Waals surface area contributed by atoms with Crippen molar-refractivity contribution < 1.29 is 14.3 Å². The van der Waals surface area contributed by atoms with Crippen LogP contribution < -0.4 is 0 Å². The lowest BCUT2D eigenvalue weighted by Crippen LogP contribution is -2.36. The molecule has 0 saturated carbocycles. The summed E-state index contributed by atoms with van der Waals surface area (Å²) in [7, 11) is 0. The predicted molar refractivity (Wildman–Crippen MR) is 71.2 cm³/mol. The van der Waals surface area contributed by atoms with Crippen LogP contribution >= 0.6 is 0 Å². The van der Waals surface area contributed by atoms with Crippen LogP contribution in [0.2, 0.25) is 0 Å². The minimum Gasteiger partial charge on any atom is -0.465 e. The second-order valence-electron chi connectivity index (χ2n) is 4.09. The average Bonchev–Trinajstić information content (AvgIpc) is 2.88. The molecule has 0 aliphatic heterocycles. The molecule has 0 unspecified atom stereocenters. The maximum Gasteiger partial charge on any atom is 0.325 e. The summed E-state index contributed by atoms with van der Waals surface area (Å²) in [5.74, 6) is -0.680. The molecule has 0 aliphatic carbocycles. The molecule has 0 spiro atoms. The second kappa shape index (κ2) is 6.14. The summed E-state index contributed by atoms with van der Waals surface area (Å²) in [6, 6.07) is 0. The third-order valence-corrected chi connectivity index (χ3v) is 2.85. The van der Waals surface area contributed by atoms with Gasteiger partial charge in [-0.3, -0.25) is 14.6 Å². The van der Waals surface area contributed by atoms with E-state index in [0.29, 0.717) is 24.2 Å². The number of likely N-dealkylation sites (N-methyl/N-ethyl adjacent to an activating group) is 1. The van der Waals surface area contributed by atoms with Gasteiger partial charge < -0.3 is 9.64 Å². The molecule has 2 heterocycles. The number of fused-ring (bicyclic) bond motifs is 1. The van der Waals surface area contributed by atoms with Gasteiger partial charge in [-0.25, -0.2) is 4.52 Å². The summed E-state index contributed by atoms with van der Waals surface area (Å²) in [5, 5.41) is 4.08. The Kier molecular flexibility index (Phi) is 4.29. The number of aromatic nitrogens is 3. The Morgan fingerprint density at radius 2 is 2.15 bits per heavy atom. The van der Waals surface area contributed by atoms with Crippen molar-refractivity contribution >= 4 is 17.4 Å². The lowest BCUT2D eigenvalue weighted by atomic mass is 10.2. The van der Waals surface area contributed by atoms with E-state index in [4.69, 9.17) is 4.74 Å². The molecule has 2 rings (SSSR count). The average molecular weight is 276 g/mol. The molecular weight excluding hydrogens is 260 g/mol. The van der Waals surface area contributed by atoms with E-state index in [1.54, 1.807) is 37.0 Å². The number of hydrogen-bond donors (Lipinski definition) is 0. The molecule has 0 saturated heterocycles. The van der Waals surface area contributed by atoms with Crippen molar-refractivity contribution in [2.24, 2.45) is 0 Å². The molecule has 0 bridgehead atoms. The van der Waals surface area contributed by atoms with Gasteiger partial charge in [0.05, 0.1) is 30.1 Å². The molecule has 0 N–H and O–H groups in total. The zero-order valence-electron chi connectivity index (χ0n) is 11.4. The van der Waals surface area contributed by atoms with Gasteiger partial charge in [0.2, 0.25) is 0 Å². The molecule has 1 amide bonds. The molecular formula is C13H16N4O3. The second-order valence-corrected chi connectivity index (χ2v) is 4.09. The van der Waals surface area contributed by atoms with Crippen molar-refractivity contribution in [3.63, 3.8) is 0 Å². The summed E-state index contributed by atoms with van der Waals surface area (Å²) in [6.07, 6.45) is 6.30. The van der Waals surface area contributed by atoms with E-state index in [1.165, 1.54) is 11.1 Å². The minimum atomic E-state index is -0.419. The summed E-state index contributed by atoms with van der Waals surface area (Å²) >= 11 is 0. The van der Waals surface area contributed by atoms with Gasteiger partial charge in [-0.1, -0.05) is 0 Å². The highest BCUT2D eigenvalue weighted by Gasteiger charge is 2.21. The Labute approximate surface area is 116 Å². The first kappa shape index (κ1) is 14.0. The van der Waals surface area contributed by atoms with Crippen LogP contribution in [0.4, 0.5) is 0 Å². The van der Waals surface area contributed by atoms with E-state index in [-0.39, 0.29) is 12.5 Å². The standard InChI is InChI=1S/C13H16N4O3/c1-3-16(9-12(18)20-4-2)13(19)10-7-15-17-6-5-14-8-11(10)17/h5-8H,3-4,9H2,1-2H3. The fourth-order valence-electron chi connectivity index (χ4n) is 1.86. The zero-order valence-corrected chi connectivity index (χ0v) is 11.4. The number of carbonyl (C=O) groups excluding carboxylic acids is 2. The molecule has 106 valence electrons. The summed E-state index contributed by atoms with van der Waals surface area (Å²) in [4.78, 5) is 29.3. The van der Waals surface area contributed by atoms with Crippen LogP contribution in [0.1, 0.15) is 24.2 Å². The first-order valence-corrected chi connectivity index (χ1v) is 6.39. The number of ether oxygens (including phenoxy) is 1. The molecule has 0 fully saturated rings. The van der Waals surface area contributed by atoms with Crippen molar-refractivity contribution in [3.8, 4) is 0 Å². The SMILES string of the molecule is CCOC(=O)CN(CC)C(=O)c1cnn2ccncc12. The van der Waals surface area contributed by atoms with Gasteiger partial charge in [0.25, 0.3) is 5.91 Å². The highest BCUT2D eigenvalue weighted by molar-refractivity contribution is 6.01. The first-order valence-electron chi connectivity index (χ1n) is 6.39. The molecule has 0 radical (unpaired) electrons. The van der Waals surface area contributed by atoms with Crippen LogP contribution in [-0.2, 0) is 9.53 Å². The molecule has 20 heavy (non-hydrogen) atoms. The number of hydrogen-bond acceptors (Lipinski definition) is 5. The smallest absolute Gasteiger partial charge is 0.325 e. The van der Waals surface area contributed by atoms with E-state index < -0.39 is 5.97 Å². The highest BCUT2D eigenvalue weighted by atomic mass is 16.5. The number of amides is 1. The first-order chi connectivity index (χ1) is 9.67. The van der Waals surface area contributed by atoms with Crippen LogP contribution in [-0.4, -0.2) is 51.1 Å². The topological polar surface area (TPSA) is 76.8 Å². The largest absolute Gasteiger partial charge is 0.465 e. The van der Waals surface area contributed by atoms with Crippen molar-refractivity contribution in [2.45, 2.75) is 13.8 Å². The molecule has 7 heteroatoms. The van der Waals surface area contributed by atoms with E-state index >= 15 is 0 Å². The van der Waals surface area contributed by atoms with Gasteiger partial charge in [0.1, 0.15) is 6.54 Å². The Hall–Kier alpha value is -2.44. The van der Waals surface area contributed by atoms with E-state index in [2.05, 4.69) is 10.1 Å². The number of rotatable bonds is 5. The van der Waals surface area contributed by atoms with Gasteiger partial charge >= 0.3 is 5.97 Å². The molecule has 7 nitrogen and oxygen atoms in total. The summed E-state index contributed by atoms with van der Waals surface area (Å²) < 4.78 is 6.43. The number of carbonyl (C=O) groups is 2. The normalized spacial score (nSPS) is 10.5. The quantitative estimate of drug-likeness (QED) is 0.753. The minimum absolute atomic E-state index is 0.0687. The predicted octanol–water partition coefficient (Wildman–Crippen LogP) is 0.754. The van der Waals surface area contributed by atoms with E-state index in [1.807, 2.05) is 0 Å². The van der Waals surface area contributed by atoms with Gasteiger partial charge in [-0.2, -0.15) is 5.10 Å². The van der Waals surface area contributed by atoms with Gasteiger partial charge in [-0.05, 0) is 13.8 Å². The van der Waals surface area contributed by atoms with Crippen LogP contribution in [0.5, 0.6) is 0 Å². The van der Waals surface area contributed by atoms with E-state index in [0.717, 1.165) is 0 Å². The Morgan fingerprint density at radius 3 is 2.85 bits per heavy atom.